The highest BCUT2D eigenvalue weighted by molar-refractivity contribution is 5.89. The third-order valence-electron chi connectivity index (χ3n) is 3.60. The number of ether oxygens (including phenoxy) is 2. The van der Waals surface area contributed by atoms with Crippen LogP contribution in [0, 0.1) is 0 Å². The second-order valence-electron chi connectivity index (χ2n) is 5.84. The van der Waals surface area contributed by atoms with Crippen molar-refractivity contribution >= 4 is 17.9 Å². The summed E-state index contributed by atoms with van der Waals surface area (Å²) in [5.74, 6) is -2.11. The highest BCUT2D eigenvalue weighted by Crippen LogP contribution is 2.08. The van der Waals surface area contributed by atoms with Crippen molar-refractivity contribution in [3.63, 3.8) is 0 Å². The first-order valence-corrected chi connectivity index (χ1v) is 8.87. The maximum atomic E-state index is 11.5. The van der Waals surface area contributed by atoms with Gasteiger partial charge in [0.05, 0.1) is 13.2 Å². The second kappa shape index (κ2) is 15.1. The van der Waals surface area contributed by atoms with Gasteiger partial charge in [0, 0.05) is 6.42 Å². The first-order valence-electron chi connectivity index (χ1n) is 8.87. The fourth-order valence-electron chi connectivity index (χ4n) is 2.11. The largest absolute Gasteiger partial charge is 0.466 e. The van der Waals surface area contributed by atoms with Crippen molar-refractivity contribution in [2.24, 2.45) is 11.5 Å². The van der Waals surface area contributed by atoms with Crippen molar-refractivity contribution < 1.29 is 23.9 Å². The van der Waals surface area contributed by atoms with E-state index in [1.807, 2.05) is 0 Å². The molecule has 0 aromatic carbocycles. The first-order chi connectivity index (χ1) is 11.5. The number of carbonyl (C=O) groups excluding carboxylic acids is 3. The van der Waals surface area contributed by atoms with Gasteiger partial charge in [-0.1, -0.05) is 51.9 Å². The monoisotopic (exact) mass is 344 g/mol. The highest BCUT2D eigenvalue weighted by atomic mass is 16.6. The molecular formula is C17H32N2O5. The molecule has 0 aliphatic rings. The first kappa shape index (κ1) is 22.5. The Morgan fingerprint density at radius 2 is 1.50 bits per heavy atom. The number of hydrogen-bond donors (Lipinski definition) is 2. The van der Waals surface area contributed by atoms with E-state index in [4.69, 9.17) is 16.2 Å². The number of rotatable bonds is 14. The van der Waals surface area contributed by atoms with Gasteiger partial charge in [-0.15, -0.1) is 0 Å². The van der Waals surface area contributed by atoms with E-state index in [-0.39, 0.29) is 19.4 Å². The van der Waals surface area contributed by atoms with Gasteiger partial charge in [0.2, 0.25) is 0 Å². The summed E-state index contributed by atoms with van der Waals surface area (Å²) in [5, 5.41) is 0. The minimum absolute atomic E-state index is 0.0180. The van der Waals surface area contributed by atoms with Crippen LogP contribution in [0.2, 0.25) is 0 Å². The fourth-order valence-corrected chi connectivity index (χ4v) is 2.11. The number of carbonyl (C=O) groups is 3. The lowest BCUT2D eigenvalue weighted by Crippen LogP contribution is -2.35. The van der Waals surface area contributed by atoms with Gasteiger partial charge in [0.1, 0.15) is 6.04 Å². The van der Waals surface area contributed by atoms with E-state index >= 15 is 0 Å². The van der Waals surface area contributed by atoms with Crippen LogP contribution >= 0.6 is 0 Å². The van der Waals surface area contributed by atoms with Crippen LogP contribution in [-0.2, 0) is 23.9 Å². The molecule has 0 radical (unpaired) electrons. The van der Waals surface area contributed by atoms with Crippen LogP contribution in [0.25, 0.3) is 0 Å². The number of hydrogen-bond acceptors (Lipinski definition) is 7. The van der Waals surface area contributed by atoms with Crippen LogP contribution in [0.5, 0.6) is 0 Å². The Balaban J connectivity index is 3.55. The summed E-state index contributed by atoms with van der Waals surface area (Å²) in [6, 6.07) is -1.03. The predicted molar refractivity (Wildman–Crippen MR) is 90.9 cm³/mol. The third-order valence-corrected chi connectivity index (χ3v) is 3.60. The molecular weight excluding hydrogens is 312 g/mol. The van der Waals surface area contributed by atoms with Gasteiger partial charge in [-0.25, -0.2) is 4.79 Å². The minimum atomic E-state index is -1.03. The maximum absolute atomic E-state index is 11.5. The summed E-state index contributed by atoms with van der Waals surface area (Å²) in [4.78, 5) is 33.8. The lowest BCUT2D eigenvalue weighted by Gasteiger charge is -2.10. The zero-order valence-corrected chi connectivity index (χ0v) is 14.8. The zero-order valence-electron chi connectivity index (χ0n) is 14.8. The smallest absolute Gasteiger partial charge is 0.330 e. The summed E-state index contributed by atoms with van der Waals surface area (Å²) >= 11 is 0. The molecule has 0 spiro atoms. The Labute approximate surface area is 144 Å². The quantitative estimate of drug-likeness (QED) is 0.280. The van der Waals surface area contributed by atoms with Crippen molar-refractivity contribution in [3.05, 3.63) is 0 Å². The van der Waals surface area contributed by atoms with Gasteiger partial charge in [-0.3, -0.25) is 9.59 Å². The topological polar surface area (TPSA) is 122 Å². The van der Waals surface area contributed by atoms with Crippen LogP contribution in [-0.4, -0.2) is 37.1 Å². The van der Waals surface area contributed by atoms with E-state index in [0.717, 1.165) is 19.3 Å². The van der Waals surface area contributed by atoms with E-state index in [2.05, 4.69) is 11.7 Å². The molecule has 0 heterocycles. The number of unbranched alkanes of at least 4 members (excludes halogenated alkanes) is 7. The maximum Gasteiger partial charge on any atom is 0.330 e. The van der Waals surface area contributed by atoms with Crippen molar-refractivity contribution in [2.45, 2.75) is 77.2 Å². The van der Waals surface area contributed by atoms with Crippen LogP contribution in [0.1, 0.15) is 71.1 Å². The molecule has 1 atom stereocenters. The van der Waals surface area contributed by atoms with E-state index in [0.29, 0.717) is 6.61 Å². The van der Waals surface area contributed by atoms with Gasteiger partial charge in [-0.2, -0.15) is 0 Å². The highest BCUT2D eigenvalue weighted by Gasteiger charge is 2.19. The molecule has 24 heavy (non-hydrogen) atoms. The van der Waals surface area contributed by atoms with Gasteiger partial charge >= 0.3 is 17.9 Å². The second-order valence-corrected chi connectivity index (χ2v) is 5.84. The fraction of sp³-hybridized carbons (Fsp3) is 0.824. The summed E-state index contributed by atoms with van der Waals surface area (Å²) in [5.41, 5.74) is 10.6. The molecule has 0 saturated carbocycles. The molecule has 4 N–H and O–H groups in total. The number of esters is 3. The molecule has 0 fully saturated rings. The number of nitrogens with two attached hydrogens (primary N) is 2. The van der Waals surface area contributed by atoms with Gasteiger partial charge < -0.3 is 20.9 Å². The molecule has 7 heteroatoms. The third kappa shape index (κ3) is 13.0. The lowest BCUT2D eigenvalue weighted by atomic mass is 10.1. The molecule has 0 amide bonds. The Bertz CT molecular complexity index is 374. The molecule has 0 aromatic rings. The van der Waals surface area contributed by atoms with Gasteiger partial charge in [0.15, 0.2) is 0 Å². The molecule has 0 unspecified atom stereocenters. The predicted octanol–water partition coefficient (Wildman–Crippen LogP) is 1.81. The Morgan fingerprint density at radius 1 is 0.917 bits per heavy atom. The normalized spacial score (nSPS) is 11.8. The average Bonchev–Trinajstić information content (AvgIpc) is 2.57. The molecule has 0 aliphatic heterocycles. The molecule has 7 nitrogen and oxygen atoms in total. The van der Waals surface area contributed by atoms with Gasteiger partial charge in [0.25, 0.3) is 0 Å². The van der Waals surface area contributed by atoms with Crippen LogP contribution in [0.3, 0.4) is 0 Å². The minimum Gasteiger partial charge on any atom is -0.466 e. The van der Waals surface area contributed by atoms with Crippen molar-refractivity contribution in [1.29, 1.82) is 0 Å². The lowest BCUT2D eigenvalue weighted by molar-refractivity contribution is -0.159. The summed E-state index contributed by atoms with van der Waals surface area (Å²) in [6.07, 6.45) is 9.50. The summed E-state index contributed by atoms with van der Waals surface area (Å²) < 4.78 is 9.46. The van der Waals surface area contributed by atoms with Crippen molar-refractivity contribution in [2.75, 3.05) is 13.2 Å². The van der Waals surface area contributed by atoms with E-state index in [1.165, 1.54) is 32.1 Å². The SMILES string of the molecule is CCCCCCCCCCOC(=O)CC[C@H](N)C(=O)OC(=O)CN. The average molecular weight is 344 g/mol. The Morgan fingerprint density at radius 3 is 2.08 bits per heavy atom. The van der Waals surface area contributed by atoms with Crippen molar-refractivity contribution in [3.8, 4) is 0 Å². The summed E-state index contributed by atoms with van der Waals surface area (Å²) in [7, 11) is 0. The zero-order chi connectivity index (χ0) is 18.2. The van der Waals surface area contributed by atoms with E-state index < -0.39 is 23.9 Å². The van der Waals surface area contributed by atoms with Crippen LogP contribution in [0.4, 0.5) is 0 Å². The molecule has 0 bridgehead atoms. The Kier molecular flexibility index (Phi) is 14.2. The molecule has 0 aliphatic carbocycles. The summed E-state index contributed by atoms with van der Waals surface area (Å²) in [6.45, 7) is 2.20. The standard InChI is InChI=1S/C17H32N2O5/c1-2-3-4-5-6-7-8-9-12-23-15(20)11-10-14(19)17(22)24-16(21)13-18/h14H,2-13,18-19H2,1H3/t14-/m0/s1. The molecule has 0 saturated heterocycles. The van der Waals surface area contributed by atoms with Gasteiger partial charge in [-0.05, 0) is 12.8 Å². The van der Waals surface area contributed by atoms with E-state index in [1.54, 1.807) is 0 Å². The molecule has 140 valence electrons. The molecule has 0 rings (SSSR count). The van der Waals surface area contributed by atoms with Crippen LogP contribution in [0.15, 0.2) is 0 Å². The van der Waals surface area contributed by atoms with E-state index in [9.17, 15) is 14.4 Å². The molecule has 0 aromatic heterocycles. The van der Waals surface area contributed by atoms with Crippen molar-refractivity contribution in [1.82, 2.24) is 0 Å². The Hall–Kier alpha value is -1.47. The van der Waals surface area contributed by atoms with Crippen LogP contribution < -0.4 is 11.5 Å².